The molecule has 3 heterocycles. The van der Waals surface area contributed by atoms with E-state index in [4.69, 9.17) is 4.52 Å². The molecule has 4 heteroatoms. The van der Waals surface area contributed by atoms with Crippen LogP contribution in [0.5, 0.6) is 0 Å². The zero-order chi connectivity index (χ0) is 18.1. The Hall–Kier alpha value is -2.33. The number of benzene rings is 2. The normalized spacial score (nSPS) is 17.9. The SMILES string of the molecule is c1ccc(CN2CCC(CCc3noc4cc5c(cc34)CCN5)CC2)cc1. The second-order valence-corrected chi connectivity index (χ2v) is 8.06. The molecule has 2 aliphatic rings. The van der Waals surface area contributed by atoms with E-state index in [-0.39, 0.29) is 0 Å². The zero-order valence-corrected chi connectivity index (χ0v) is 15.8. The smallest absolute Gasteiger partial charge is 0.169 e. The van der Waals surface area contributed by atoms with Gasteiger partial charge in [0.1, 0.15) is 0 Å². The summed E-state index contributed by atoms with van der Waals surface area (Å²) in [7, 11) is 0. The highest BCUT2D eigenvalue weighted by atomic mass is 16.5. The third-order valence-electron chi connectivity index (χ3n) is 6.23. The second kappa shape index (κ2) is 7.35. The summed E-state index contributed by atoms with van der Waals surface area (Å²) >= 11 is 0. The van der Waals surface area contributed by atoms with Gasteiger partial charge in [-0.1, -0.05) is 35.5 Å². The van der Waals surface area contributed by atoms with E-state index in [1.807, 2.05) is 0 Å². The van der Waals surface area contributed by atoms with Crippen molar-refractivity contribution < 1.29 is 4.52 Å². The molecule has 1 fully saturated rings. The molecule has 0 amide bonds. The minimum atomic E-state index is 0.805. The van der Waals surface area contributed by atoms with Gasteiger partial charge in [-0.2, -0.15) is 0 Å². The van der Waals surface area contributed by atoms with Gasteiger partial charge in [-0.05, 0) is 68.3 Å². The van der Waals surface area contributed by atoms with Crippen molar-refractivity contribution in [1.82, 2.24) is 10.1 Å². The molecule has 3 aromatic rings. The Morgan fingerprint density at radius 1 is 1.11 bits per heavy atom. The lowest BCUT2D eigenvalue weighted by Gasteiger charge is -2.31. The monoisotopic (exact) mass is 361 g/mol. The van der Waals surface area contributed by atoms with E-state index in [0.717, 1.165) is 43.1 Å². The van der Waals surface area contributed by atoms with Crippen LogP contribution < -0.4 is 5.32 Å². The van der Waals surface area contributed by atoms with Crippen molar-refractivity contribution >= 4 is 16.7 Å². The largest absolute Gasteiger partial charge is 0.384 e. The van der Waals surface area contributed by atoms with Crippen molar-refractivity contribution in [1.29, 1.82) is 0 Å². The number of aromatic nitrogens is 1. The number of nitrogens with zero attached hydrogens (tertiary/aromatic N) is 2. The number of fused-ring (bicyclic) bond motifs is 2. The van der Waals surface area contributed by atoms with Crippen molar-refractivity contribution in [3.63, 3.8) is 0 Å². The van der Waals surface area contributed by atoms with Crippen LogP contribution in [-0.4, -0.2) is 29.7 Å². The third kappa shape index (κ3) is 3.59. The Morgan fingerprint density at radius 2 is 1.96 bits per heavy atom. The minimum Gasteiger partial charge on any atom is -0.384 e. The lowest BCUT2D eigenvalue weighted by atomic mass is 9.91. The molecule has 0 bridgehead atoms. The number of hydrogen-bond acceptors (Lipinski definition) is 4. The highest BCUT2D eigenvalue weighted by Crippen LogP contribution is 2.31. The Kier molecular flexibility index (Phi) is 4.58. The molecule has 5 rings (SSSR count). The maximum Gasteiger partial charge on any atom is 0.169 e. The van der Waals surface area contributed by atoms with Gasteiger partial charge in [0.25, 0.3) is 0 Å². The quantitative estimate of drug-likeness (QED) is 0.719. The first-order valence-electron chi connectivity index (χ1n) is 10.3. The van der Waals surface area contributed by atoms with Gasteiger partial charge >= 0.3 is 0 Å². The number of anilines is 1. The first-order valence-corrected chi connectivity index (χ1v) is 10.3. The molecule has 2 aliphatic heterocycles. The molecule has 1 N–H and O–H groups in total. The van der Waals surface area contributed by atoms with E-state index in [2.05, 4.69) is 57.8 Å². The summed E-state index contributed by atoms with van der Waals surface area (Å²) in [4.78, 5) is 2.59. The average Bonchev–Trinajstić information content (AvgIpc) is 3.32. The maximum absolute atomic E-state index is 5.60. The van der Waals surface area contributed by atoms with Crippen LogP contribution in [0.4, 0.5) is 5.69 Å². The fourth-order valence-corrected chi connectivity index (χ4v) is 4.58. The van der Waals surface area contributed by atoms with Crippen molar-refractivity contribution in [2.24, 2.45) is 5.92 Å². The Labute approximate surface area is 160 Å². The van der Waals surface area contributed by atoms with E-state index in [9.17, 15) is 0 Å². The molecule has 2 aromatic carbocycles. The lowest BCUT2D eigenvalue weighted by molar-refractivity contribution is 0.172. The Morgan fingerprint density at radius 3 is 2.81 bits per heavy atom. The molecule has 0 spiro atoms. The number of rotatable bonds is 5. The number of aryl methyl sites for hydroxylation is 1. The van der Waals surface area contributed by atoms with Gasteiger partial charge in [0, 0.05) is 30.2 Å². The van der Waals surface area contributed by atoms with Crippen LogP contribution in [0.15, 0.2) is 47.0 Å². The topological polar surface area (TPSA) is 41.3 Å². The van der Waals surface area contributed by atoms with Crippen molar-refractivity contribution in [3.05, 3.63) is 59.3 Å². The minimum absolute atomic E-state index is 0.805. The number of piperidine rings is 1. The first kappa shape index (κ1) is 16.8. The number of likely N-dealkylation sites (tertiary alicyclic amines) is 1. The fourth-order valence-electron chi connectivity index (χ4n) is 4.58. The van der Waals surface area contributed by atoms with Crippen LogP contribution in [0, 0.1) is 5.92 Å². The predicted octanol–water partition coefficient (Wildman–Crippen LogP) is 4.64. The van der Waals surface area contributed by atoms with Gasteiger partial charge in [0.05, 0.1) is 5.69 Å². The van der Waals surface area contributed by atoms with Gasteiger partial charge in [-0.25, -0.2) is 0 Å². The highest BCUT2D eigenvalue weighted by Gasteiger charge is 2.21. The Bertz CT molecular complexity index is 910. The van der Waals surface area contributed by atoms with Crippen LogP contribution in [0.1, 0.15) is 36.1 Å². The molecular weight excluding hydrogens is 334 g/mol. The van der Waals surface area contributed by atoms with E-state index in [1.165, 1.54) is 54.6 Å². The van der Waals surface area contributed by atoms with E-state index in [0.29, 0.717) is 0 Å². The van der Waals surface area contributed by atoms with Crippen LogP contribution in [0.3, 0.4) is 0 Å². The molecule has 0 atom stereocenters. The van der Waals surface area contributed by atoms with Gasteiger partial charge in [-0.3, -0.25) is 4.90 Å². The third-order valence-corrected chi connectivity index (χ3v) is 6.23. The summed E-state index contributed by atoms with van der Waals surface area (Å²) < 4.78 is 5.60. The maximum atomic E-state index is 5.60. The van der Waals surface area contributed by atoms with Crippen molar-refractivity contribution in [3.8, 4) is 0 Å². The number of nitrogens with one attached hydrogen (secondary N) is 1. The van der Waals surface area contributed by atoms with Crippen molar-refractivity contribution in [2.45, 2.75) is 38.6 Å². The summed E-state index contributed by atoms with van der Waals surface area (Å²) in [6.07, 6.45) is 5.94. The molecule has 1 saturated heterocycles. The highest BCUT2D eigenvalue weighted by molar-refractivity contribution is 5.85. The van der Waals surface area contributed by atoms with Gasteiger partial charge < -0.3 is 9.84 Å². The van der Waals surface area contributed by atoms with E-state index >= 15 is 0 Å². The van der Waals surface area contributed by atoms with Crippen LogP contribution in [0.2, 0.25) is 0 Å². The number of hydrogen-bond donors (Lipinski definition) is 1. The molecule has 27 heavy (non-hydrogen) atoms. The molecule has 0 aliphatic carbocycles. The van der Waals surface area contributed by atoms with Crippen LogP contribution in [-0.2, 0) is 19.4 Å². The average molecular weight is 361 g/mol. The van der Waals surface area contributed by atoms with Gasteiger partial charge in [0.2, 0.25) is 0 Å². The lowest BCUT2D eigenvalue weighted by Crippen LogP contribution is -2.33. The molecule has 140 valence electrons. The van der Waals surface area contributed by atoms with Crippen LogP contribution in [0.25, 0.3) is 11.0 Å². The van der Waals surface area contributed by atoms with E-state index in [1.54, 1.807) is 0 Å². The van der Waals surface area contributed by atoms with Crippen molar-refractivity contribution in [2.75, 3.05) is 25.0 Å². The predicted molar refractivity (Wildman–Crippen MR) is 109 cm³/mol. The first-order chi connectivity index (χ1) is 13.3. The zero-order valence-electron chi connectivity index (χ0n) is 15.8. The standard InChI is InChI=1S/C23H27N3O/c1-2-4-18(5-3-1)16-26-12-9-17(10-13-26)6-7-21-20-14-19-8-11-24-22(19)15-23(20)27-25-21/h1-5,14-15,17,24H,6-13,16H2. The van der Waals surface area contributed by atoms with E-state index < -0.39 is 0 Å². The Balaban J connectivity index is 1.17. The summed E-state index contributed by atoms with van der Waals surface area (Å²) in [5.41, 5.74) is 6.12. The fraction of sp³-hybridized carbons (Fsp3) is 0.435. The molecule has 1 aromatic heterocycles. The molecule has 4 nitrogen and oxygen atoms in total. The second-order valence-electron chi connectivity index (χ2n) is 8.06. The summed E-state index contributed by atoms with van der Waals surface area (Å²) in [5.74, 6) is 0.805. The van der Waals surface area contributed by atoms with Gasteiger partial charge in [-0.15, -0.1) is 0 Å². The van der Waals surface area contributed by atoms with Crippen LogP contribution >= 0.6 is 0 Å². The molecular formula is C23H27N3O. The summed E-state index contributed by atoms with van der Waals surface area (Å²) in [5, 5.41) is 9.01. The summed E-state index contributed by atoms with van der Waals surface area (Å²) in [6.45, 7) is 4.53. The van der Waals surface area contributed by atoms with Gasteiger partial charge in [0.15, 0.2) is 5.58 Å². The molecule has 0 radical (unpaired) electrons. The molecule has 0 unspecified atom stereocenters. The summed E-state index contributed by atoms with van der Waals surface area (Å²) in [6, 6.07) is 15.2. The molecule has 0 saturated carbocycles.